The van der Waals surface area contributed by atoms with Crippen LogP contribution in [0.2, 0.25) is 0 Å². The van der Waals surface area contributed by atoms with Crippen molar-refractivity contribution in [2.45, 2.75) is 31.1 Å². The number of benzene rings is 1. The second kappa shape index (κ2) is 7.33. The number of aromatic nitrogens is 2. The smallest absolute Gasteiger partial charge is 0.289 e. The number of amides is 2. The van der Waals surface area contributed by atoms with E-state index >= 15 is 0 Å². The van der Waals surface area contributed by atoms with Gasteiger partial charge in [0.2, 0.25) is 5.82 Å². The van der Waals surface area contributed by atoms with Gasteiger partial charge in [-0.05, 0) is 25.0 Å². The molecule has 2 amide bonds. The minimum atomic E-state index is -0.852. The third kappa shape index (κ3) is 3.10. The molecule has 30 heavy (non-hydrogen) atoms. The molecule has 1 aromatic carbocycles. The van der Waals surface area contributed by atoms with Gasteiger partial charge in [-0.15, -0.1) is 0 Å². The van der Waals surface area contributed by atoms with Crippen LogP contribution in [0.1, 0.15) is 34.7 Å². The molecule has 156 valence electrons. The van der Waals surface area contributed by atoms with Crippen LogP contribution in [0.5, 0.6) is 5.75 Å². The first-order valence-electron chi connectivity index (χ1n) is 9.96. The number of carbonyl (C=O) groups is 2. The number of anilines is 1. The molecule has 1 saturated heterocycles. The fourth-order valence-corrected chi connectivity index (χ4v) is 4.15. The highest BCUT2D eigenvalue weighted by Gasteiger charge is 2.44. The van der Waals surface area contributed by atoms with E-state index in [1.165, 1.54) is 4.90 Å². The quantitative estimate of drug-likeness (QED) is 0.793. The third-order valence-electron chi connectivity index (χ3n) is 5.77. The molecule has 0 aliphatic carbocycles. The average molecular weight is 410 g/mol. The zero-order valence-electron chi connectivity index (χ0n) is 16.6. The van der Waals surface area contributed by atoms with Gasteiger partial charge in [-0.2, -0.15) is 0 Å². The maximum atomic E-state index is 12.9. The van der Waals surface area contributed by atoms with E-state index in [-0.39, 0.29) is 18.3 Å². The standard InChI is InChI=1S/C21H22N4O5/c1-25-15-5-2-3-6-16(15)29-11-14(20(25)27)23-19(26)18-22-9-13-10-30-21(17(13)24-18)7-4-8-28-12-21/h2-3,5-6,9,14H,4,7-8,10-12H2,1H3,(H,23,26)/t14-,21+/m0/s1. The van der Waals surface area contributed by atoms with Gasteiger partial charge in [0.1, 0.15) is 24.0 Å². The van der Waals surface area contributed by atoms with Gasteiger partial charge in [0.25, 0.3) is 11.8 Å². The summed E-state index contributed by atoms with van der Waals surface area (Å²) in [6.45, 7) is 1.53. The molecular weight excluding hydrogens is 388 g/mol. The van der Waals surface area contributed by atoms with Gasteiger partial charge in [-0.3, -0.25) is 9.59 Å². The van der Waals surface area contributed by atoms with Crippen molar-refractivity contribution in [1.29, 1.82) is 0 Å². The molecule has 1 aromatic heterocycles. The summed E-state index contributed by atoms with van der Waals surface area (Å²) in [5, 5.41) is 2.72. The molecule has 3 aliphatic heterocycles. The van der Waals surface area contributed by atoms with Crippen molar-refractivity contribution in [2.75, 3.05) is 31.8 Å². The van der Waals surface area contributed by atoms with Gasteiger partial charge in [-0.1, -0.05) is 12.1 Å². The molecule has 4 heterocycles. The normalized spacial score (nSPS) is 25.3. The Morgan fingerprint density at radius 2 is 2.20 bits per heavy atom. The van der Waals surface area contributed by atoms with Crippen LogP contribution in [-0.2, 0) is 26.5 Å². The molecule has 1 spiro atoms. The highest BCUT2D eigenvalue weighted by atomic mass is 16.5. The lowest BCUT2D eigenvalue weighted by atomic mass is 9.92. The summed E-state index contributed by atoms with van der Waals surface area (Å²) in [4.78, 5) is 35.9. The fourth-order valence-electron chi connectivity index (χ4n) is 4.15. The van der Waals surface area contributed by atoms with Crippen molar-refractivity contribution >= 4 is 17.5 Å². The molecule has 2 aromatic rings. The Labute approximate surface area is 173 Å². The number of rotatable bonds is 2. The highest BCUT2D eigenvalue weighted by molar-refractivity contribution is 6.02. The number of nitrogens with one attached hydrogen (secondary N) is 1. The number of hydrogen-bond donors (Lipinski definition) is 1. The average Bonchev–Trinajstić information content (AvgIpc) is 3.07. The van der Waals surface area contributed by atoms with Gasteiger partial charge in [0.05, 0.1) is 24.6 Å². The molecule has 0 saturated carbocycles. The van der Waals surface area contributed by atoms with Crippen molar-refractivity contribution in [3.8, 4) is 5.75 Å². The molecule has 9 nitrogen and oxygen atoms in total. The Morgan fingerprint density at radius 3 is 3.03 bits per heavy atom. The van der Waals surface area contributed by atoms with Crippen LogP contribution in [-0.4, -0.2) is 54.7 Å². The van der Waals surface area contributed by atoms with E-state index in [1.807, 2.05) is 12.1 Å². The van der Waals surface area contributed by atoms with Crippen LogP contribution in [0.4, 0.5) is 5.69 Å². The Kier molecular flexibility index (Phi) is 4.63. The SMILES string of the molecule is CN1C(=O)[C@@H](NC(=O)c2ncc3c(n2)[C@]2(CCCOC2)OC3)COc2ccccc21. The van der Waals surface area contributed by atoms with Crippen molar-refractivity contribution in [2.24, 2.45) is 0 Å². The Balaban J connectivity index is 1.36. The van der Waals surface area contributed by atoms with Gasteiger partial charge < -0.3 is 24.4 Å². The Morgan fingerprint density at radius 1 is 1.33 bits per heavy atom. The van der Waals surface area contributed by atoms with Gasteiger partial charge in [0, 0.05) is 25.4 Å². The van der Waals surface area contributed by atoms with Crippen molar-refractivity contribution in [3.63, 3.8) is 0 Å². The number of hydrogen-bond acceptors (Lipinski definition) is 7. The molecule has 9 heteroatoms. The van der Waals surface area contributed by atoms with Crippen LogP contribution < -0.4 is 15.0 Å². The van der Waals surface area contributed by atoms with E-state index in [0.717, 1.165) is 18.4 Å². The number of ether oxygens (including phenoxy) is 3. The monoisotopic (exact) mass is 410 g/mol. The van der Waals surface area contributed by atoms with Crippen LogP contribution in [0.3, 0.4) is 0 Å². The van der Waals surface area contributed by atoms with E-state index in [4.69, 9.17) is 14.2 Å². The second-order valence-corrected chi connectivity index (χ2v) is 7.71. The number of fused-ring (bicyclic) bond motifs is 3. The summed E-state index contributed by atoms with van der Waals surface area (Å²) >= 11 is 0. The first-order valence-corrected chi connectivity index (χ1v) is 9.96. The predicted octanol–water partition coefficient (Wildman–Crippen LogP) is 1.17. The molecule has 1 N–H and O–H groups in total. The van der Waals surface area contributed by atoms with Crippen LogP contribution >= 0.6 is 0 Å². The minimum Gasteiger partial charge on any atom is -0.489 e. The lowest BCUT2D eigenvalue weighted by Crippen LogP contribution is -2.49. The first kappa shape index (κ1) is 19.0. The molecule has 5 rings (SSSR count). The predicted molar refractivity (Wildman–Crippen MR) is 105 cm³/mol. The minimum absolute atomic E-state index is 0.00131. The van der Waals surface area contributed by atoms with E-state index in [1.54, 1.807) is 25.4 Å². The van der Waals surface area contributed by atoms with Crippen molar-refractivity contribution < 1.29 is 23.8 Å². The molecule has 0 unspecified atom stereocenters. The van der Waals surface area contributed by atoms with Gasteiger partial charge in [0.15, 0.2) is 0 Å². The topological polar surface area (TPSA) is 103 Å². The molecule has 0 bridgehead atoms. The largest absolute Gasteiger partial charge is 0.489 e. The lowest BCUT2D eigenvalue weighted by molar-refractivity contribution is -0.127. The Hall–Kier alpha value is -3.04. The molecule has 2 atom stereocenters. The number of nitrogens with zero attached hydrogens (tertiary/aromatic N) is 3. The summed E-state index contributed by atoms with van der Waals surface area (Å²) in [5.74, 6) is -0.204. The summed E-state index contributed by atoms with van der Waals surface area (Å²) in [7, 11) is 1.66. The maximum absolute atomic E-state index is 12.9. The highest BCUT2D eigenvalue weighted by Crippen LogP contribution is 2.40. The molecule has 3 aliphatic rings. The second-order valence-electron chi connectivity index (χ2n) is 7.71. The lowest BCUT2D eigenvalue weighted by Gasteiger charge is -2.32. The van der Waals surface area contributed by atoms with E-state index < -0.39 is 17.6 Å². The summed E-state index contributed by atoms with van der Waals surface area (Å²) in [5.41, 5.74) is 1.61. The zero-order chi connectivity index (χ0) is 20.7. The van der Waals surface area contributed by atoms with Crippen LogP contribution in [0.25, 0.3) is 0 Å². The summed E-state index contributed by atoms with van der Waals surface area (Å²) in [6.07, 6.45) is 3.27. The first-order chi connectivity index (χ1) is 14.6. The van der Waals surface area contributed by atoms with Crippen molar-refractivity contribution in [3.05, 3.63) is 47.5 Å². The van der Waals surface area contributed by atoms with Crippen molar-refractivity contribution in [1.82, 2.24) is 15.3 Å². The number of carbonyl (C=O) groups excluding carboxylic acids is 2. The van der Waals surface area contributed by atoms with E-state index in [0.29, 0.717) is 37.0 Å². The van der Waals surface area contributed by atoms with Crippen LogP contribution in [0.15, 0.2) is 30.5 Å². The van der Waals surface area contributed by atoms with Crippen LogP contribution in [0, 0.1) is 0 Å². The van der Waals surface area contributed by atoms with E-state index in [2.05, 4.69) is 15.3 Å². The van der Waals surface area contributed by atoms with E-state index in [9.17, 15) is 9.59 Å². The Bertz CT molecular complexity index is 999. The zero-order valence-corrected chi connectivity index (χ0v) is 16.6. The fraction of sp³-hybridized carbons (Fsp3) is 0.429. The third-order valence-corrected chi connectivity index (χ3v) is 5.77. The summed E-state index contributed by atoms with van der Waals surface area (Å²) < 4.78 is 17.3. The molecule has 1 fully saturated rings. The van der Waals surface area contributed by atoms with Gasteiger partial charge >= 0.3 is 0 Å². The number of likely N-dealkylation sites (N-methyl/N-ethyl adjacent to an activating group) is 1. The van der Waals surface area contributed by atoms with Gasteiger partial charge in [-0.25, -0.2) is 9.97 Å². The summed E-state index contributed by atoms with van der Waals surface area (Å²) in [6, 6.07) is 6.40. The molecular formula is C21H22N4O5. The number of para-hydroxylation sites is 2. The molecule has 0 radical (unpaired) electrons. The maximum Gasteiger partial charge on any atom is 0.289 e.